The Balaban J connectivity index is 1.56. The maximum Gasteiger partial charge on any atom is 0.240 e. The number of aromatic nitrogens is 2. The highest BCUT2D eigenvalue weighted by Crippen LogP contribution is 2.32. The summed E-state index contributed by atoms with van der Waals surface area (Å²) < 4.78 is 42.2. The van der Waals surface area contributed by atoms with Gasteiger partial charge in [-0.1, -0.05) is 0 Å². The standard InChI is InChI=1S/C19H25N3O4S/c1-3-22-12-15(11-20-22)19-17(5-4-8-25-19)21-27(23,24)16-6-7-18-14(10-16)9-13(2)26-18/h6-7,10-13,17,19,21H,3-5,8-9H2,1-2H3/t13-,17+,19-/m1/s1. The molecule has 0 spiro atoms. The maximum atomic E-state index is 13.0. The molecule has 0 amide bonds. The number of rotatable bonds is 5. The van der Waals surface area contributed by atoms with Gasteiger partial charge in [-0.25, -0.2) is 13.1 Å². The van der Waals surface area contributed by atoms with Gasteiger partial charge in [-0.3, -0.25) is 4.68 Å². The second-order valence-electron chi connectivity index (χ2n) is 7.19. The fourth-order valence-corrected chi connectivity index (χ4v) is 5.08. The lowest BCUT2D eigenvalue weighted by atomic mass is 9.99. The largest absolute Gasteiger partial charge is 0.490 e. The van der Waals surface area contributed by atoms with Gasteiger partial charge in [0.05, 0.1) is 17.1 Å². The van der Waals surface area contributed by atoms with Gasteiger partial charge in [-0.15, -0.1) is 0 Å². The van der Waals surface area contributed by atoms with Gasteiger partial charge in [-0.05, 0) is 50.5 Å². The molecule has 1 aromatic heterocycles. The number of nitrogens with one attached hydrogen (secondary N) is 1. The molecule has 0 aliphatic carbocycles. The van der Waals surface area contributed by atoms with Gasteiger partial charge in [0.15, 0.2) is 0 Å². The van der Waals surface area contributed by atoms with E-state index < -0.39 is 10.0 Å². The lowest BCUT2D eigenvalue weighted by Gasteiger charge is -2.31. The number of hydrogen-bond acceptors (Lipinski definition) is 5. The van der Waals surface area contributed by atoms with E-state index >= 15 is 0 Å². The smallest absolute Gasteiger partial charge is 0.240 e. The van der Waals surface area contributed by atoms with Crippen LogP contribution in [0, 0.1) is 0 Å². The molecule has 3 atom stereocenters. The molecule has 2 aliphatic rings. The van der Waals surface area contributed by atoms with Gasteiger partial charge < -0.3 is 9.47 Å². The number of benzene rings is 1. The minimum atomic E-state index is -3.65. The Labute approximate surface area is 159 Å². The van der Waals surface area contributed by atoms with E-state index in [0.29, 0.717) is 6.61 Å². The molecule has 0 bridgehead atoms. The Bertz CT molecular complexity index is 925. The second-order valence-corrected chi connectivity index (χ2v) is 8.91. The number of fused-ring (bicyclic) bond motifs is 1. The van der Waals surface area contributed by atoms with Crippen molar-refractivity contribution in [2.75, 3.05) is 6.61 Å². The number of hydrogen-bond donors (Lipinski definition) is 1. The highest BCUT2D eigenvalue weighted by atomic mass is 32.2. The highest BCUT2D eigenvalue weighted by Gasteiger charge is 2.33. The van der Waals surface area contributed by atoms with Crippen molar-refractivity contribution >= 4 is 10.0 Å². The molecule has 1 aromatic carbocycles. The van der Waals surface area contributed by atoms with Crippen LogP contribution in [0.25, 0.3) is 0 Å². The van der Waals surface area contributed by atoms with Crippen molar-refractivity contribution in [3.63, 3.8) is 0 Å². The van der Waals surface area contributed by atoms with E-state index in [9.17, 15) is 8.42 Å². The zero-order valence-corrected chi connectivity index (χ0v) is 16.4. The summed E-state index contributed by atoms with van der Waals surface area (Å²) in [4.78, 5) is 0.271. The Morgan fingerprint density at radius 3 is 3.00 bits per heavy atom. The Morgan fingerprint density at radius 1 is 1.37 bits per heavy atom. The first kappa shape index (κ1) is 18.5. The quantitative estimate of drug-likeness (QED) is 0.846. The van der Waals surface area contributed by atoms with Gasteiger partial charge in [0.2, 0.25) is 10.0 Å². The van der Waals surface area contributed by atoms with E-state index in [1.807, 2.05) is 24.7 Å². The lowest BCUT2D eigenvalue weighted by Crippen LogP contribution is -2.42. The number of aryl methyl sites for hydroxylation is 1. The van der Waals surface area contributed by atoms with Gasteiger partial charge >= 0.3 is 0 Å². The van der Waals surface area contributed by atoms with E-state index in [4.69, 9.17) is 9.47 Å². The predicted molar refractivity (Wildman–Crippen MR) is 100 cm³/mol. The topological polar surface area (TPSA) is 82.5 Å². The molecule has 2 aromatic rings. The summed E-state index contributed by atoms with van der Waals surface area (Å²) in [6.45, 7) is 5.37. The normalized spacial score (nSPS) is 25.2. The predicted octanol–water partition coefficient (Wildman–Crippen LogP) is 2.43. The Hall–Kier alpha value is -1.90. The van der Waals surface area contributed by atoms with Crippen molar-refractivity contribution < 1.29 is 17.9 Å². The third kappa shape index (κ3) is 3.74. The van der Waals surface area contributed by atoms with Crippen molar-refractivity contribution in [1.29, 1.82) is 0 Å². The van der Waals surface area contributed by atoms with E-state index in [1.165, 1.54) is 0 Å². The van der Waals surface area contributed by atoms with Gasteiger partial charge in [0, 0.05) is 31.3 Å². The van der Waals surface area contributed by atoms with E-state index in [-0.39, 0.29) is 23.1 Å². The molecular weight excluding hydrogens is 366 g/mol. The molecule has 8 heteroatoms. The molecule has 146 valence electrons. The Kier molecular flexibility index (Phi) is 4.96. The number of sulfonamides is 1. The van der Waals surface area contributed by atoms with Crippen molar-refractivity contribution in [2.24, 2.45) is 0 Å². The van der Waals surface area contributed by atoms with Crippen LogP contribution < -0.4 is 9.46 Å². The summed E-state index contributed by atoms with van der Waals surface area (Å²) in [6.07, 6.45) is 5.71. The molecule has 27 heavy (non-hydrogen) atoms. The third-order valence-electron chi connectivity index (χ3n) is 5.11. The van der Waals surface area contributed by atoms with Gasteiger partial charge in [0.25, 0.3) is 0 Å². The van der Waals surface area contributed by atoms with E-state index in [1.54, 1.807) is 24.4 Å². The summed E-state index contributed by atoms with van der Waals surface area (Å²) in [5, 5.41) is 4.29. The summed E-state index contributed by atoms with van der Waals surface area (Å²) in [7, 11) is -3.65. The molecule has 0 unspecified atom stereocenters. The average molecular weight is 391 g/mol. The summed E-state index contributed by atoms with van der Waals surface area (Å²) in [6, 6.07) is 4.75. The van der Waals surface area contributed by atoms with Crippen LogP contribution in [0.15, 0.2) is 35.5 Å². The molecule has 1 saturated heterocycles. The molecule has 4 rings (SSSR count). The fourth-order valence-electron chi connectivity index (χ4n) is 3.76. The van der Waals surface area contributed by atoms with Crippen LogP contribution in [0.3, 0.4) is 0 Å². The molecule has 3 heterocycles. The first-order valence-electron chi connectivity index (χ1n) is 9.42. The number of nitrogens with zero attached hydrogens (tertiary/aromatic N) is 2. The van der Waals surface area contributed by atoms with Crippen molar-refractivity contribution in [1.82, 2.24) is 14.5 Å². The van der Waals surface area contributed by atoms with Crippen LogP contribution in [0.1, 0.15) is 43.9 Å². The van der Waals surface area contributed by atoms with Crippen molar-refractivity contribution in [3.8, 4) is 5.75 Å². The summed E-state index contributed by atoms with van der Waals surface area (Å²) in [5.74, 6) is 0.771. The fraction of sp³-hybridized carbons (Fsp3) is 0.526. The minimum Gasteiger partial charge on any atom is -0.490 e. The molecule has 2 aliphatic heterocycles. The molecular formula is C19H25N3O4S. The SMILES string of the molecule is CCn1cc([C@H]2OCCC[C@@H]2NS(=O)(=O)c2ccc3c(c2)C[C@@H](C)O3)cn1. The third-order valence-corrected chi connectivity index (χ3v) is 6.60. The number of ether oxygens (including phenoxy) is 2. The average Bonchev–Trinajstić information content (AvgIpc) is 3.26. The zero-order chi connectivity index (χ0) is 19.0. The summed E-state index contributed by atoms with van der Waals surface area (Å²) >= 11 is 0. The molecule has 1 N–H and O–H groups in total. The first-order chi connectivity index (χ1) is 13.0. The van der Waals surface area contributed by atoms with Crippen LogP contribution in [0.4, 0.5) is 0 Å². The van der Waals surface area contributed by atoms with Gasteiger partial charge in [-0.2, -0.15) is 5.10 Å². The van der Waals surface area contributed by atoms with Crippen LogP contribution in [0.5, 0.6) is 5.75 Å². The Morgan fingerprint density at radius 2 is 2.22 bits per heavy atom. The monoisotopic (exact) mass is 391 g/mol. The first-order valence-corrected chi connectivity index (χ1v) is 10.9. The van der Waals surface area contributed by atoms with E-state index in [2.05, 4.69) is 9.82 Å². The molecule has 7 nitrogen and oxygen atoms in total. The molecule has 0 radical (unpaired) electrons. The van der Waals surface area contributed by atoms with Crippen molar-refractivity contribution in [3.05, 3.63) is 41.7 Å². The molecule has 0 saturated carbocycles. The van der Waals surface area contributed by atoms with Crippen LogP contribution in [0.2, 0.25) is 0 Å². The second kappa shape index (κ2) is 7.26. The van der Waals surface area contributed by atoms with Crippen LogP contribution in [-0.2, 0) is 27.7 Å². The van der Waals surface area contributed by atoms with E-state index in [0.717, 1.165) is 42.7 Å². The maximum absolute atomic E-state index is 13.0. The lowest BCUT2D eigenvalue weighted by molar-refractivity contribution is -0.00447. The molecule has 1 fully saturated rings. The summed E-state index contributed by atoms with van der Waals surface area (Å²) in [5.41, 5.74) is 1.84. The minimum absolute atomic E-state index is 0.0807. The van der Waals surface area contributed by atoms with Gasteiger partial charge in [0.1, 0.15) is 18.0 Å². The van der Waals surface area contributed by atoms with Crippen molar-refractivity contribution in [2.45, 2.75) is 62.8 Å². The van der Waals surface area contributed by atoms with Crippen LogP contribution in [-0.4, -0.2) is 37.0 Å². The highest BCUT2D eigenvalue weighted by molar-refractivity contribution is 7.89. The zero-order valence-electron chi connectivity index (χ0n) is 15.6. The van der Waals surface area contributed by atoms with Crippen LogP contribution >= 0.6 is 0 Å².